The third-order valence-corrected chi connectivity index (χ3v) is 3.79. The molecule has 0 heterocycles. The van der Waals surface area contributed by atoms with Gasteiger partial charge in [0.15, 0.2) is 6.61 Å². The Morgan fingerprint density at radius 2 is 1.81 bits per heavy atom. The molecule has 2 amide bonds. The van der Waals surface area contributed by atoms with Crippen LogP contribution in [-0.2, 0) is 14.3 Å². The van der Waals surface area contributed by atoms with Gasteiger partial charge in [0.05, 0.1) is 11.6 Å². The van der Waals surface area contributed by atoms with E-state index >= 15 is 0 Å². The Kier molecular flexibility index (Phi) is 6.49. The van der Waals surface area contributed by atoms with Gasteiger partial charge in [0.2, 0.25) is 5.91 Å². The van der Waals surface area contributed by atoms with E-state index in [1.807, 2.05) is 38.1 Å². The van der Waals surface area contributed by atoms with E-state index in [1.165, 1.54) is 13.0 Å². The highest BCUT2D eigenvalue weighted by atomic mass is 16.5. The molecule has 0 fully saturated rings. The fourth-order valence-electron chi connectivity index (χ4n) is 2.58. The molecule has 2 aromatic rings. The lowest BCUT2D eigenvalue weighted by Crippen LogP contribution is -2.31. The third kappa shape index (κ3) is 5.44. The van der Waals surface area contributed by atoms with Gasteiger partial charge in [0.25, 0.3) is 5.91 Å². The van der Waals surface area contributed by atoms with E-state index in [0.29, 0.717) is 5.69 Å². The summed E-state index contributed by atoms with van der Waals surface area (Å²) in [4.78, 5) is 35.2. The molecule has 0 spiro atoms. The van der Waals surface area contributed by atoms with E-state index in [9.17, 15) is 14.4 Å². The van der Waals surface area contributed by atoms with Gasteiger partial charge in [-0.1, -0.05) is 30.3 Å². The van der Waals surface area contributed by atoms with Crippen molar-refractivity contribution in [1.29, 1.82) is 0 Å². The molecule has 1 unspecified atom stereocenters. The SMILES string of the molecule is CC(=O)Nc1cccc(C(=O)OCC(=O)NC(C)c2ccccc2C)c1. The minimum Gasteiger partial charge on any atom is -0.452 e. The van der Waals surface area contributed by atoms with Crippen LogP contribution in [0.25, 0.3) is 0 Å². The van der Waals surface area contributed by atoms with Gasteiger partial charge in [0, 0.05) is 12.6 Å². The Bertz CT molecular complexity index is 817. The van der Waals surface area contributed by atoms with E-state index in [-0.39, 0.29) is 30.0 Å². The number of aryl methyl sites for hydroxylation is 1. The van der Waals surface area contributed by atoms with Crippen molar-refractivity contribution in [1.82, 2.24) is 5.32 Å². The van der Waals surface area contributed by atoms with Crippen LogP contribution in [0.1, 0.15) is 41.4 Å². The van der Waals surface area contributed by atoms with Crippen LogP contribution in [0.4, 0.5) is 5.69 Å². The summed E-state index contributed by atoms with van der Waals surface area (Å²) in [6, 6.07) is 13.9. The number of carbonyl (C=O) groups excluding carboxylic acids is 3. The Morgan fingerprint density at radius 1 is 1.08 bits per heavy atom. The third-order valence-electron chi connectivity index (χ3n) is 3.79. The number of hydrogen-bond acceptors (Lipinski definition) is 4. The molecule has 2 aromatic carbocycles. The van der Waals surface area contributed by atoms with Gasteiger partial charge in [-0.2, -0.15) is 0 Å². The number of hydrogen-bond donors (Lipinski definition) is 2. The van der Waals surface area contributed by atoms with Gasteiger partial charge in [-0.15, -0.1) is 0 Å². The molecule has 6 heteroatoms. The number of rotatable bonds is 6. The molecular formula is C20H22N2O4. The summed E-state index contributed by atoms with van der Waals surface area (Å²) < 4.78 is 5.05. The second-order valence-electron chi connectivity index (χ2n) is 5.98. The Hall–Kier alpha value is -3.15. The van der Waals surface area contributed by atoms with Gasteiger partial charge in [0.1, 0.15) is 0 Å². The number of ether oxygens (including phenoxy) is 1. The van der Waals surface area contributed by atoms with Crippen molar-refractivity contribution in [2.45, 2.75) is 26.8 Å². The maximum Gasteiger partial charge on any atom is 0.338 e. The lowest BCUT2D eigenvalue weighted by atomic mass is 10.0. The summed E-state index contributed by atoms with van der Waals surface area (Å²) in [6.45, 7) is 4.85. The average molecular weight is 354 g/mol. The highest BCUT2D eigenvalue weighted by molar-refractivity contribution is 5.94. The van der Waals surface area contributed by atoms with Crippen LogP contribution in [-0.4, -0.2) is 24.4 Å². The van der Waals surface area contributed by atoms with Crippen molar-refractivity contribution in [3.8, 4) is 0 Å². The normalized spacial score (nSPS) is 11.3. The molecule has 0 aromatic heterocycles. The standard InChI is InChI=1S/C20H22N2O4/c1-13-7-4-5-10-18(13)14(2)21-19(24)12-26-20(25)16-8-6-9-17(11-16)22-15(3)23/h4-11,14H,12H2,1-3H3,(H,21,24)(H,22,23). The van der Waals surface area contributed by atoms with Gasteiger partial charge < -0.3 is 15.4 Å². The van der Waals surface area contributed by atoms with E-state index < -0.39 is 5.97 Å². The van der Waals surface area contributed by atoms with Crippen LogP contribution < -0.4 is 10.6 Å². The molecule has 2 N–H and O–H groups in total. The van der Waals surface area contributed by atoms with Crippen LogP contribution >= 0.6 is 0 Å². The van der Waals surface area contributed by atoms with Gasteiger partial charge >= 0.3 is 5.97 Å². The van der Waals surface area contributed by atoms with E-state index in [4.69, 9.17) is 4.74 Å². The van der Waals surface area contributed by atoms with E-state index in [0.717, 1.165) is 11.1 Å². The second-order valence-corrected chi connectivity index (χ2v) is 5.98. The summed E-state index contributed by atoms with van der Waals surface area (Å²) in [5, 5.41) is 5.40. The molecule has 0 aliphatic heterocycles. The van der Waals surface area contributed by atoms with E-state index in [2.05, 4.69) is 10.6 Å². The number of carbonyl (C=O) groups is 3. The lowest BCUT2D eigenvalue weighted by molar-refractivity contribution is -0.124. The summed E-state index contributed by atoms with van der Waals surface area (Å²) in [5.41, 5.74) is 2.84. The first-order valence-corrected chi connectivity index (χ1v) is 8.26. The lowest BCUT2D eigenvalue weighted by Gasteiger charge is -2.16. The highest BCUT2D eigenvalue weighted by Gasteiger charge is 2.14. The highest BCUT2D eigenvalue weighted by Crippen LogP contribution is 2.16. The van der Waals surface area contributed by atoms with Gasteiger partial charge in [-0.25, -0.2) is 4.79 Å². The summed E-state index contributed by atoms with van der Waals surface area (Å²) in [6.07, 6.45) is 0. The first-order valence-electron chi connectivity index (χ1n) is 8.26. The molecule has 26 heavy (non-hydrogen) atoms. The molecule has 0 aliphatic rings. The summed E-state index contributed by atoms with van der Waals surface area (Å²) >= 11 is 0. The maximum absolute atomic E-state index is 12.1. The number of benzene rings is 2. The van der Waals surface area contributed by atoms with Crippen molar-refractivity contribution in [3.05, 3.63) is 65.2 Å². The first kappa shape index (κ1) is 19.2. The molecule has 0 radical (unpaired) electrons. The predicted octanol–water partition coefficient (Wildman–Crippen LogP) is 2.99. The van der Waals surface area contributed by atoms with Crippen molar-refractivity contribution in [2.24, 2.45) is 0 Å². The molecule has 6 nitrogen and oxygen atoms in total. The number of esters is 1. The minimum atomic E-state index is -0.629. The van der Waals surface area contributed by atoms with Crippen molar-refractivity contribution in [3.63, 3.8) is 0 Å². The fourth-order valence-corrected chi connectivity index (χ4v) is 2.58. The Morgan fingerprint density at radius 3 is 2.50 bits per heavy atom. The summed E-state index contributed by atoms with van der Waals surface area (Å²) in [7, 11) is 0. The van der Waals surface area contributed by atoms with Gasteiger partial charge in [-0.3, -0.25) is 9.59 Å². The van der Waals surface area contributed by atoms with Crippen molar-refractivity contribution in [2.75, 3.05) is 11.9 Å². The van der Waals surface area contributed by atoms with Crippen LogP contribution in [0.3, 0.4) is 0 Å². The summed E-state index contributed by atoms with van der Waals surface area (Å²) in [5.74, 6) is -1.25. The predicted molar refractivity (Wildman–Crippen MR) is 98.8 cm³/mol. The molecular weight excluding hydrogens is 332 g/mol. The van der Waals surface area contributed by atoms with Crippen LogP contribution in [0.5, 0.6) is 0 Å². The van der Waals surface area contributed by atoms with Crippen molar-refractivity contribution >= 4 is 23.5 Å². The van der Waals surface area contributed by atoms with Crippen molar-refractivity contribution < 1.29 is 19.1 Å². The van der Waals surface area contributed by atoms with Gasteiger partial charge in [-0.05, 0) is 43.2 Å². The first-order chi connectivity index (χ1) is 12.4. The molecule has 0 saturated carbocycles. The zero-order chi connectivity index (χ0) is 19.1. The quantitative estimate of drug-likeness (QED) is 0.781. The molecule has 0 saturated heterocycles. The zero-order valence-electron chi connectivity index (χ0n) is 15.0. The minimum absolute atomic E-state index is 0.189. The second kappa shape index (κ2) is 8.80. The molecule has 0 aliphatic carbocycles. The smallest absolute Gasteiger partial charge is 0.338 e. The molecule has 136 valence electrons. The van der Waals surface area contributed by atoms with Crippen LogP contribution in [0, 0.1) is 6.92 Å². The Labute approximate surface area is 152 Å². The largest absolute Gasteiger partial charge is 0.452 e. The Balaban J connectivity index is 1.90. The number of nitrogens with one attached hydrogen (secondary N) is 2. The maximum atomic E-state index is 12.1. The van der Waals surface area contributed by atoms with Crippen LogP contribution in [0.2, 0.25) is 0 Å². The molecule has 1 atom stereocenters. The topological polar surface area (TPSA) is 84.5 Å². The monoisotopic (exact) mass is 354 g/mol. The fraction of sp³-hybridized carbons (Fsp3) is 0.250. The average Bonchev–Trinajstić information content (AvgIpc) is 2.59. The number of amides is 2. The van der Waals surface area contributed by atoms with E-state index in [1.54, 1.807) is 18.2 Å². The zero-order valence-corrected chi connectivity index (χ0v) is 15.0. The molecule has 2 rings (SSSR count). The van der Waals surface area contributed by atoms with Crippen LogP contribution in [0.15, 0.2) is 48.5 Å². The molecule has 0 bridgehead atoms. The number of anilines is 1.